The van der Waals surface area contributed by atoms with Crippen LogP contribution >= 0.6 is 0 Å². The molecule has 13 heteroatoms. The van der Waals surface area contributed by atoms with E-state index in [2.05, 4.69) is 68.4 Å². The first-order valence-corrected chi connectivity index (χ1v) is 29.5. The predicted molar refractivity (Wildman–Crippen MR) is 266 cm³/mol. The Labute approximate surface area is 424 Å². The lowest BCUT2D eigenvalue weighted by atomic mass is 9.42. The van der Waals surface area contributed by atoms with E-state index < -0.39 is 62.4 Å². The Balaban J connectivity index is 0.782. The summed E-state index contributed by atoms with van der Waals surface area (Å²) in [6.45, 7) is 25.4. The van der Waals surface area contributed by atoms with Crippen LogP contribution in [0.2, 0.25) is 0 Å². The molecule has 10 fully saturated rings. The van der Waals surface area contributed by atoms with E-state index in [1.54, 1.807) is 5.57 Å². The predicted octanol–water partition coefficient (Wildman–Crippen LogP) is 9.55. The quantitative estimate of drug-likeness (QED) is 0.115. The second kappa shape index (κ2) is 15.5. The van der Waals surface area contributed by atoms with Gasteiger partial charge in [-0.15, -0.1) is 0 Å². The lowest BCUT2D eigenvalue weighted by Gasteiger charge is -2.69. The van der Waals surface area contributed by atoms with Crippen molar-refractivity contribution < 1.29 is 56.5 Å². The summed E-state index contributed by atoms with van der Waals surface area (Å²) in [6, 6.07) is 0. The second-order valence-corrected chi connectivity index (χ2v) is 29.8. The van der Waals surface area contributed by atoms with Crippen LogP contribution in [0.15, 0.2) is 33.9 Å². The third-order valence-electron chi connectivity index (χ3n) is 24.9. The van der Waals surface area contributed by atoms with Crippen molar-refractivity contribution in [2.24, 2.45) is 79.8 Å². The zero-order valence-electron chi connectivity index (χ0n) is 44.8. The fourth-order valence-corrected chi connectivity index (χ4v) is 22.1. The van der Waals surface area contributed by atoms with E-state index in [0.717, 1.165) is 70.6 Å². The van der Waals surface area contributed by atoms with Gasteiger partial charge in [0.25, 0.3) is 0 Å². The lowest BCUT2D eigenvalue weighted by molar-refractivity contribution is -0.408. The molecule has 4 unspecified atom stereocenters. The monoisotopic (exact) mass is 1010 g/mol. The van der Waals surface area contributed by atoms with E-state index in [1.807, 2.05) is 13.8 Å². The minimum Gasteiger partial charge on any atom is -0.387 e. The van der Waals surface area contributed by atoms with Gasteiger partial charge in [-0.1, -0.05) is 89.3 Å². The molecule has 14 rings (SSSR count). The summed E-state index contributed by atoms with van der Waals surface area (Å²) in [5.41, 5.74) is 3.65. The SMILES string of the molecule is CC([C@H]1CCC2C3=C(CC[C@@]21C)[C@@]12CO[C@](O)([C@@H](O)C1)C(C)(C)C2[C@@H](OS(=O)(=O)O)C3)[C@H]1C[C@@H]2C[C@@](C)(OC2(C)C)[C@H](CC[C@@H](C)[C@H]2CCC3C4=C(CC[C@@]32C)[C@@]23CO[C@](O)([C@@H](O)C2)C(C)(C)C3=CC4)O1. The van der Waals surface area contributed by atoms with Gasteiger partial charge in [0.2, 0.25) is 5.79 Å². The average Bonchev–Trinajstić information content (AvgIpc) is 3.85. The molecule has 2 spiro atoms. The first-order valence-electron chi connectivity index (χ1n) is 28.2. The van der Waals surface area contributed by atoms with E-state index in [9.17, 15) is 33.4 Å². The van der Waals surface area contributed by atoms with Crippen molar-refractivity contribution in [1.82, 2.24) is 0 Å². The first-order chi connectivity index (χ1) is 32.9. The minimum atomic E-state index is -4.81. The van der Waals surface area contributed by atoms with E-state index in [4.69, 9.17) is 23.1 Å². The van der Waals surface area contributed by atoms with E-state index in [-0.39, 0.29) is 64.5 Å². The van der Waals surface area contributed by atoms with Crippen molar-refractivity contribution in [2.75, 3.05) is 13.2 Å². The van der Waals surface area contributed by atoms with Gasteiger partial charge in [0, 0.05) is 27.6 Å². The van der Waals surface area contributed by atoms with Crippen LogP contribution in [-0.2, 0) is 33.5 Å². The number of allylic oxidation sites excluding steroid dienone is 2. The number of hydrogen-bond acceptors (Lipinski definition) is 11. The third kappa shape index (κ3) is 6.52. The van der Waals surface area contributed by atoms with Crippen LogP contribution in [0.3, 0.4) is 0 Å². The van der Waals surface area contributed by atoms with Gasteiger partial charge >= 0.3 is 10.4 Å². The molecule has 8 aliphatic carbocycles. The van der Waals surface area contributed by atoms with E-state index in [0.29, 0.717) is 49.0 Å². The van der Waals surface area contributed by atoms with Crippen LogP contribution in [0.1, 0.15) is 179 Å². The smallest absolute Gasteiger partial charge is 0.387 e. The van der Waals surface area contributed by atoms with Gasteiger partial charge in [-0.2, -0.15) is 8.42 Å². The Morgan fingerprint density at radius 1 is 0.789 bits per heavy atom. The number of hydrogen-bond donors (Lipinski definition) is 5. The summed E-state index contributed by atoms with van der Waals surface area (Å²) in [5, 5.41) is 46.2. The molecule has 0 aromatic heterocycles. The Bertz CT molecular complexity index is 2460. The van der Waals surface area contributed by atoms with Gasteiger partial charge in [-0.05, 0) is 176 Å². The van der Waals surface area contributed by atoms with Crippen molar-refractivity contribution in [2.45, 2.75) is 232 Å². The highest BCUT2D eigenvalue weighted by Crippen LogP contribution is 2.74. The second-order valence-electron chi connectivity index (χ2n) is 28.8. The topological polar surface area (TPSA) is 181 Å². The summed E-state index contributed by atoms with van der Waals surface area (Å²) in [4.78, 5) is 0. The van der Waals surface area contributed by atoms with Gasteiger partial charge in [0.1, 0.15) is 12.2 Å². The Morgan fingerprint density at radius 2 is 1.42 bits per heavy atom. The minimum absolute atomic E-state index is 0.0358. The fraction of sp³-hybridized carbons (Fsp3) is 0.897. The zero-order valence-corrected chi connectivity index (χ0v) is 45.6. The average molecular weight is 1010 g/mol. The molecule has 71 heavy (non-hydrogen) atoms. The summed E-state index contributed by atoms with van der Waals surface area (Å²) in [5.74, 6) is -1.04. The molecular formula is C58H88O12S. The Hall–Kier alpha value is -1.23. The van der Waals surface area contributed by atoms with Crippen LogP contribution < -0.4 is 0 Å². The van der Waals surface area contributed by atoms with Crippen LogP contribution in [0.25, 0.3) is 0 Å². The number of aliphatic hydroxyl groups excluding tert-OH is 2. The molecule has 4 saturated carbocycles. The summed E-state index contributed by atoms with van der Waals surface area (Å²) in [6.07, 6.45) is 14.0. The third-order valence-corrected chi connectivity index (χ3v) is 25.4. The molecule has 0 radical (unpaired) electrons. The fourth-order valence-electron chi connectivity index (χ4n) is 21.6. The van der Waals surface area contributed by atoms with Crippen LogP contribution in [-0.4, -0.2) is 99.9 Å². The normalized spacial score (nSPS) is 52.7. The van der Waals surface area contributed by atoms with Gasteiger partial charge in [-0.25, -0.2) is 4.18 Å². The molecular weight excluding hydrogens is 921 g/mol. The van der Waals surface area contributed by atoms with Crippen LogP contribution in [0, 0.1) is 79.8 Å². The molecule has 6 heterocycles. The largest absolute Gasteiger partial charge is 0.397 e. The number of rotatable bonds is 8. The maximum absolute atomic E-state index is 12.6. The maximum Gasteiger partial charge on any atom is 0.397 e. The van der Waals surface area contributed by atoms with Crippen molar-refractivity contribution in [1.29, 1.82) is 0 Å². The number of aliphatic hydroxyl groups is 4. The summed E-state index contributed by atoms with van der Waals surface area (Å²) in [7, 11) is -4.81. The molecule has 6 aliphatic heterocycles. The Kier molecular flexibility index (Phi) is 11.0. The molecule has 398 valence electrons. The molecule has 5 N–H and O–H groups in total. The number of ether oxygens (including phenoxy) is 4. The van der Waals surface area contributed by atoms with Gasteiger partial charge in [0.05, 0.1) is 42.7 Å². The molecule has 20 atom stereocenters. The molecule has 12 nitrogen and oxygen atoms in total. The molecule has 6 saturated heterocycles. The van der Waals surface area contributed by atoms with E-state index in [1.165, 1.54) is 35.1 Å². The molecule has 6 bridgehead atoms. The highest BCUT2D eigenvalue weighted by Gasteiger charge is 2.75. The molecule has 14 aliphatic rings. The number of fused-ring (bicyclic) bond motifs is 10. The first kappa shape index (κ1) is 50.6. The summed E-state index contributed by atoms with van der Waals surface area (Å²) >= 11 is 0. The molecule has 0 aromatic rings. The highest BCUT2D eigenvalue weighted by atomic mass is 32.3. The van der Waals surface area contributed by atoms with Crippen molar-refractivity contribution in [3.05, 3.63) is 33.9 Å². The van der Waals surface area contributed by atoms with Gasteiger partial charge in [-0.3, -0.25) is 4.55 Å². The molecule has 0 aromatic carbocycles. The van der Waals surface area contributed by atoms with E-state index >= 15 is 0 Å². The van der Waals surface area contributed by atoms with Crippen LogP contribution in [0.5, 0.6) is 0 Å². The standard InChI is InChI=1S/C58H88O12S/c1-31(36-14-16-38-34-13-18-44-49(3,4)57(61)45(59)27-55(44,29-66-57)40(34)20-22-52(36,38)9)12-19-47-54(11)26-33(51(7,8)70-54)24-42(68-47)32(2)37-15-17-39-35-25-43(69-71(63,64)65)48-50(5,6)58(62)46(60)28-56(48,30-67-58)41(35)21-23-53(37,39)10/h18,31-33,36-39,42-43,45-48,59-62H,12-17,19-30H2,1-11H3,(H,63,64,65)/t31-,32?,33-,36-,37-,38?,39?,42-,43+,45+,46+,47+,48?,52-,53-,54-,55+,56+,57-,58-/m1/s1. The maximum atomic E-state index is 12.6. The lowest BCUT2D eigenvalue weighted by Crippen LogP contribution is -2.76. The zero-order chi connectivity index (χ0) is 50.9. The summed E-state index contributed by atoms with van der Waals surface area (Å²) < 4.78 is 68.2. The molecule has 0 amide bonds. The van der Waals surface area contributed by atoms with Crippen molar-refractivity contribution in [3.8, 4) is 0 Å². The van der Waals surface area contributed by atoms with Crippen LogP contribution in [0.4, 0.5) is 0 Å². The van der Waals surface area contributed by atoms with Gasteiger partial charge < -0.3 is 39.4 Å². The highest BCUT2D eigenvalue weighted by molar-refractivity contribution is 7.80. The van der Waals surface area contributed by atoms with Crippen molar-refractivity contribution >= 4 is 10.4 Å². The Morgan fingerprint density at radius 3 is 2.10 bits per heavy atom. The van der Waals surface area contributed by atoms with Gasteiger partial charge in [0.15, 0.2) is 5.79 Å². The van der Waals surface area contributed by atoms with Crippen molar-refractivity contribution in [3.63, 3.8) is 0 Å².